The summed E-state index contributed by atoms with van der Waals surface area (Å²) in [5.41, 5.74) is 5.94. The lowest BCUT2D eigenvalue weighted by molar-refractivity contribution is -0.134. The number of nitrogens with zero attached hydrogens (tertiary/aromatic N) is 1. The minimum atomic E-state index is -0.355. The van der Waals surface area contributed by atoms with Crippen LogP contribution >= 0.6 is 11.8 Å². The van der Waals surface area contributed by atoms with E-state index in [1.165, 1.54) is 0 Å². The normalized spacial score (nSPS) is 16.6. The zero-order chi connectivity index (χ0) is 12.7. The molecule has 4 heteroatoms. The molecule has 0 spiro atoms. The first-order valence-electron chi connectivity index (χ1n) is 5.96. The van der Waals surface area contributed by atoms with Gasteiger partial charge in [0.2, 0.25) is 5.91 Å². The molecule has 0 rings (SSSR count). The highest BCUT2D eigenvalue weighted by Gasteiger charge is 2.25. The van der Waals surface area contributed by atoms with Crippen molar-refractivity contribution < 1.29 is 4.79 Å². The van der Waals surface area contributed by atoms with Crippen molar-refractivity contribution in [2.24, 2.45) is 11.7 Å². The molecule has 3 nitrogen and oxygen atoms in total. The smallest absolute Gasteiger partial charge is 0.239 e. The average molecular weight is 246 g/mol. The van der Waals surface area contributed by atoms with Gasteiger partial charge in [-0.15, -0.1) is 0 Å². The predicted octanol–water partition coefficient (Wildman–Crippen LogP) is 1.96. The number of thioether (sulfide) groups is 1. The Kier molecular flexibility index (Phi) is 7.85. The van der Waals surface area contributed by atoms with Crippen molar-refractivity contribution in [1.29, 1.82) is 0 Å². The minimum Gasteiger partial charge on any atom is -0.342 e. The molecule has 0 bridgehead atoms. The fourth-order valence-corrected chi connectivity index (χ4v) is 2.01. The third-order valence-electron chi connectivity index (χ3n) is 3.29. The first-order chi connectivity index (χ1) is 7.45. The summed E-state index contributed by atoms with van der Waals surface area (Å²) in [5, 5.41) is 0. The molecule has 1 amide bonds. The SMILES string of the molecule is CCC(C)[C@H](N)C(=O)N(C)C(C)CCSC. The molecule has 3 atom stereocenters. The molecular weight excluding hydrogens is 220 g/mol. The van der Waals surface area contributed by atoms with Crippen LogP contribution < -0.4 is 5.73 Å². The molecule has 0 aliphatic carbocycles. The highest BCUT2D eigenvalue weighted by molar-refractivity contribution is 7.98. The molecule has 2 N–H and O–H groups in total. The highest BCUT2D eigenvalue weighted by Crippen LogP contribution is 2.12. The van der Waals surface area contributed by atoms with Crippen molar-refractivity contribution in [1.82, 2.24) is 4.90 Å². The predicted molar refractivity (Wildman–Crippen MR) is 72.7 cm³/mol. The maximum absolute atomic E-state index is 12.0. The lowest BCUT2D eigenvalue weighted by Crippen LogP contribution is -2.48. The van der Waals surface area contributed by atoms with Gasteiger partial charge in [0.1, 0.15) is 0 Å². The van der Waals surface area contributed by atoms with E-state index in [0.717, 1.165) is 18.6 Å². The van der Waals surface area contributed by atoms with Gasteiger partial charge < -0.3 is 10.6 Å². The lowest BCUT2D eigenvalue weighted by atomic mass is 9.98. The van der Waals surface area contributed by atoms with E-state index in [2.05, 4.69) is 20.1 Å². The van der Waals surface area contributed by atoms with Crippen LogP contribution in [0.4, 0.5) is 0 Å². The van der Waals surface area contributed by atoms with Crippen molar-refractivity contribution in [3.8, 4) is 0 Å². The zero-order valence-electron chi connectivity index (χ0n) is 11.2. The largest absolute Gasteiger partial charge is 0.342 e. The Bertz CT molecular complexity index is 211. The summed E-state index contributed by atoms with van der Waals surface area (Å²) in [5.74, 6) is 1.41. The molecule has 0 saturated heterocycles. The van der Waals surface area contributed by atoms with Crippen LogP contribution in [0.15, 0.2) is 0 Å². The molecule has 0 saturated carbocycles. The molecule has 16 heavy (non-hydrogen) atoms. The molecule has 0 aliphatic rings. The summed E-state index contributed by atoms with van der Waals surface area (Å²) in [4.78, 5) is 13.8. The number of amides is 1. The minimum absolute atomic E-state index is 0.0722. The standard InChI is InChI=1S/C12H26N2OS/c1-6-9(2)11(13)12(15)14(4)10(3)7-8-16-5/h9-11H,6-8,13H2,1-5H3/t9?,10?,11-/m0/s1. The number of carbonyl (C=O) groups is 1. The Morgan fingerprint density at radius 3 is 2.44 bits per heavy atom. The third-order valence-corrected chi connectivity index (χ3v) is 3.93. The molecule has 0 aromatic carbocycles. The Labute approximate surface area is 104 Å². The third kappa shape index (κ3) is 4.74. The van der Waals surface area contributed by atoms with Crippen molar-refractivity contribution in [3.63, 3.8) is 0 Å². The Balaban J connectivity index is 4.25. The van der Waals surface area contributed by atoms with Gasteiger partial charge in [0.15, 0.2) is 0 Å². The molecule has 96 valence electrons. The first-order valence-corrected chi connectivity index (χ1v) is 7.36. The van der Waals surface area contributed by atoms with E-state index in [-0.39, 0.29) is 23.9 Å². The van der Waals surface area contributed by atoms with Crippen LogP contribution in [0.2, 0.25) is 0 Å². The summed E-state index contributed by atoms with van der Waals surface area (Å²) in [6, 6.07) is -0.0817. The Morgan fingerprint density at radius 1 is 1.44 bits per heavy atom. The van der Waals surface area contributed by atoms with Crippen LogP contribution in [-0.4, -0.2) is 41.9 Å². The number of carbonyl (C=O) groups excluding carboxylic acids is 1. The maximum atomic E-state index is 12.0. The first kappa shape index (κ1) is 15.8. The van der Waals surface area contributed by atoms with Gasteiger partial charge in [-0.25, -0.2) is 0 Å². The van der Waals surface area contributed by atoms with Crippen LogP contribution in [-0.2, 0) is 4.79 Å². The molecule has 0 aliphatic heterocycles. The van der Waals surface area contributed by atoms with Gasteiger partial charge in [-0.1, -0.05) is 20.3 Å². The lowest BCUT2D eigenvalue weighted by Gasteiger charge is -2.29. The van der Waals surface area contributed by atoms with E-state index in [1.54, 1.807) is 4.90 Å². The molecule has 0 fully saturated rings. The summed E-state index contributed by atoms with van der Waals surface area (Å²) in [6.45, 7) is 6.18. The highest BCUT2D eigenvalue weighted by atomic mass is 32.2. The second kappa shape index (κ2) is 7.96. The second-order valence-electron chi connectivity index (χ2n) is 4.49. The number of hydrogen-bond donors (Lipinski definition) is 1. The van der Waals surface area contributed by atoms with Crippen LogP contribution in [0.25, 0.3) is 0 Å². The summed E-state index contributed by atoms with van der Waals surface area (Å²) >= 11 is 1.81. The summed E-state index contributed by atoms with van der Waals surface area (Å²) in [6.07, 6.45) is 4.05. The molecule has 0 aromatic heterocycles. The Morgan fingerprint density at radius 2 is 2.00 bits per heavy atom. The average Bonchev–Trinajstić information content (AvgIpc) is 2.31. The van der Waals surface area contributed by atoms with Gasteiger partial charge in [-0.2, -0.15) is 11.8 Å². The Hall–Kier alpha value is -0.220. The second-order valence-corrected chi connectivity index (χ2v) is 5.48. The van der Waals surface area contributed by atoms with Gasteiger partial charge in [0, 0.05) is 13.1 Å². The van der Waals surface area contributed by atoms with E-state index < -0.39 is 0 Å². The van der Waals surface area contributed by atoms with E-state index in [0.29, 0.717) is 0 Å². The quantitative estimate of drug-likeness (QED) is 0.747. The topological polar surface area (TPSA) is 46.3 Å². The molecule has 2 unspecified atom stereocenters. The van der Waals surface area contributed by atoms with E-state index in [9.17, 15) is 4.79 Å². The van der Waals surface area contributed by atoms with Crippen molar-refractivity contribution >= 4 is 17.7 Å². The van der Waals surface area contributed by atoms with Gasteiger partial charge in [0.05, 0.1) is 6.04 Å². The molecule has 0 radical (unpaired) electrons. The van der Waals surface area contributed by atoms with Gasteiger partial charge >= 0.3 is 0 Å². The van der Waals surface area contributed by atoms with Gasteiger partial charge in [-0.3, -0.25) is 4.79 Å². The number of hydrogen-bond acceptors (Lipinski definition) is 3. The van der Waals surface area contributed by atoms with Crippen LogP contribution in [0.5, 0.6) is 0 Å². The van der Waals surface area contributed by atoms with Gasteiger partial charge in [0.25, 0.3) is 0 Å². The van der Waals surface area contributed by atoms with Crippen molar-refractivity contribution in [3.05, 3.63) is 0 Å². The molecule has 0 aromatic rings. The fourth-order valence-electron chi connectivity index (χ4n) is 1.43. The monoisotopic (exact) mass is 246 g/mol. The van der Waals surface area contributed by atoms with Crippen molar-refractivity contribution in [2.75, 3.05) is 19.1 Å². The fraction of sp³-hybridized carbons (Fsp3) is 0.917. The van der Waals surface area contributed by atoms with Gasteiger partial charge in [-0.05, 0) is 31.3 Å². The number of likely N-dealkylation sites (N-methyl/N-ethyl adjacent to an activating group) is 1. The zero-order valence-corrected chi connectivity index (χ0v) is 12.0. The van der Waals surface area contributed by atoms with E-state index in [4.69, 9.17) is 5.73 Å². The van der Waals surface area contributed by atoms with E-state index in [1.807, 2.05) is 25.7 Å². The number of rotatable bonds is 7. The molecular formula is C12H26N2OS. The van der Waals surface area contributed by atoms with Crippen LogP contribution in [0.1, 0.15) is 33.6 Å². The number of nitrogens with two attached hydrogens (primary N) is 1. The summed E-state index contributed by atoms with van der Waals surface area (Å²) < 4.78 is 0. The van der Waals surface area contributed by atoms with Crippen LogP contribution in [0.3, 0.4) is 0 Å². The maximum Gasteiger partial charge on any atom is 0.239 e. The van der Waals surface area contributed by atoms with E-state index >= 15 is 0 Å². The summed E-state index contributed by atoms with van der Waals surface area (Å²) in [7, 11) is 1.86. The van der Waals surface area contributed by atoms with Crippen LogP contribution in [0, 0.1) is 5.92 Å². The van der Waals surface area contributed by atoms with Crippen molar-refractivity contribution in [2.45, 2.75) is 45.7 Å². The molecule has 0 heterocycles.